The number of sulfonamides is 1. The number of aryl methyl sites for hydroxylation is 2. The summed E-state index contributed by atoms with van der Waals surface area (Å²) in [6.45, 7) is 6.18. The van der Waals surface area contributed by atoms with Crippen molar-refractivity contribution in [1.82, 2.24) is 9.21 Å². The lowest BCUT2D eigenvalue weighted by molar-refractivity contribution is -0.123. The number of piperidine rings is 1. The number of benzene rings is 2. The summed E-state index contributed by atoms with van der Waals surface area (Å²) in [5.74, 6) is -1.24. The number of carbonyl (C=O) groups excluding carboxylic acids is 3. The lowest BCUT2D eigenvalue weighted by atomic mass is 9.96. The maximum atomic E-state index is 13.3. The van der Waals surface area contributed by atoms with Gasteiger partial charge >= 0.3 is 0 Å². The van der Waals surface area contributed by atoms with E-state index < -0.39 is 15.9 Å². The Labute approximate surface area is 205 Å². The molecule has 2 aromatic rings. The maximum absolute atomic E-state index is 13.3. The highest BCUT2D eigenvalue weighted by molar-refractivity contribution is 7.99. The van der Waals surface area contributed by atoms with E-state index in [-0.39, 0.29) is 34.8 Å². The topological polar surface area (TPSA) is 118 Å². The van der Waals surface area contributed by atoms with Gasteiger partial charge in [0.15, 0.2) is 0 Å². The van der Waals surface area contributed by atoms with Gasteiger partial charge in [-0.25, -0.2) is 12.7 Å². The Balaban J connectivity index is 1.49. The largest absolute Gasteiger partial charge is 0.369 e. The molecule has 35 heavy (non-hydrogen) atoms. The molecule has 0 spiro atoms. The summed E-state index contributed by atoms with van der Waals surface area (Å²) >= 11 is 0. The van der Waals surface area contributed by atoms with Crippen LogP contribution in [0.2, 0.25) is 0 Å². The molecule has 0 bridgehead atoms. The summed E-state index contributed by atoms with van der Waals surface area (Å²) in [6.07, 6.45) is 1.09. The third-order valence-electron chi connectivity index (χ3n) is 6.92. The molecule has 1 saturated heterocycles. The summed E-state index contributed by atoms with van der Waals surface area (Å²) in [5.41, 5.74) is 9.10. The van der Waals surface area contributed by atoms with Gasteiger partial charge in [0.2, 0.25) is 5.91 Å². The Morgan fingerprint density at radius 3 is 2.17 bits per heavy atom. The average Bonchev–Trinajstić information content (AvgIpc) is 3.00. The van der Waals surface area contributed by atoms with E-state index in [1.165, 1.54) is 6.92 Å². The molecule has 0 unspecified atom stereocenters. The lowest BCUT2D eigenvalue weighted by Gasteiger charge is -2.30. The molecule has 1 fully saturated rings. The van der Waals surface area contributed by atoms with Crippen LogP contribution in [0.3, 0.4) is 0 Å². The molecule has 2 aliphatic rings. The van der Waals surface area contributed by atoms with Crippen LogP contribution in [0.1, 0.15) is 52.4 Å². The van der Waals surface area contributed by atoms with E-state index >= 15 is 0 Å². The van der Waals surface area contributed by atoms with E-state index in [0.717, 1.165) is 15.4 Å². The number of amides is 3. The summed E-state index contributed by atoms with van der Waals surface area (Å²) in [7, 11) is -4.01. The molecule has 2 aromatic carbocycles. The number of nitrogens with two attached hydrogens (primary N) is 1. The molecule has 0 aromatic heterocycles. The van der Waals surface area contributed by atoms with Crippen molar-refractivity contribution < 1.29 is 22.8 Å². The van der Waals surface area contributed by atoms with E-state index in [0.29, 0.717) is 42.6 Å². The molecule has 4 rings (SSSR count). The van der Waals surface area contributed by atoms with Crippen molar-refractivity contribution in [3.05, 3.63) is 75.9 Å². The fourth-order valence-corrected chi connectivity index (χ4v) is 6.36. The quantitative estimate of drug-likeness (QED) is 0.684. The molecule has 0 saturated carbocycles. The zero-order valence-electron chi connectivity index (χ0n) is 20.1. The Morgan fingerprint density at radius 1 is 0.971 bits per heavy atom. The molecule has 2 N–H and O–H groups in total. The Bertz CT molecular complexity index is 1340. The van der Waals surface area contributed by atoms with Gasteiger partial charge in [0.25, 0.3) is 21.8 Å². The molecule has 2 aliphatic heterocycles. The predicted octanol–water partition coefficient (Wildman–Crippen LogP) is 2.74. The molecule has 9 heteroatoms. The number of carbonyl (C=O) groups is 3. The zero-order valence-corrected chi connectivity index (χ0v) is 20.9. The maximum Gasteiger partial charge on any atom is 0.268 e. The van der Waals surface area contributed by atoms with Crippen molar-refractivity contribution in [2.24, 2.45) is 11.7 Å². The smallest absolute Gasteiger partial charge is 0.268 e. The first-order chi connectivity index (χ1) is 16.5. The second kappa shape index (κ2) is 9.30. The van der Waals surface area contributed by atoms with Crippen molar-refractivity contribution in [3.8, 4) is 0 Å². The summed E-state index contributed by atoms with van der Waals surface area (Å²) in [4.78, 5) is 38.8. The van der Waals surface area contributed by atoms with Gasteiger partial charge < -0.3 is 10.6 Å². The normalized spacial score (nSPS) is 18.3. The number of rotatable bonds is 5. The minimum Gasteiger partial charge on any atom is -0.369 e. The van der Waals surface area contributed by atoms with Crippen LogP contribution in [0.25, 0.3) is 4.91 Å². The van der Waals surface area contributed by atoms with Gasteiger partial charge in [-0.15, -0.1) is 0 Å². The highest BCUT2D eigenvalue weighted by Crippen LogP contribution is 2.37. The fraction of sp³-hybridized carbons (Fsp3) is 0.346. The van der Waals surface area contributed by atoms with Gasteiger partial charge in [0.1, 0.15) is 4.91 Å². The predicted molar refractivity (Wildman–Crippen MR) is 132 cm³/mol. The van der Waals surface area contributed by atoms with Crippen LogP contribution in [0.5, 0.6) is 0 Å². The summed E-state index contributed by atoms with van der Waals surface area (Å²) < 4.78 is 27.5. The monoisotopic (exact) mass is 495 g/mol. The van der Waals surface area contributed by atoms with Crippen LogP contribution in [-0.2, 0) is 26.2 Å². The number of hydrogen-bond donors (Lipinski definition) is 1. The van der Waals surface area contributed by atoms with E-state index in [1.807, 2.05) is 19.9 Å². The highest BCUT2D eigenvalue weighted by Gasteiger charge is 2.42. The van der Waals surface area contributed by atoms with Crippen LogP contribution in [-0.4, -0.2) is 48.4 Å². The molecule has 2 heterocycles. The van der Waals surface area contributed by atoms with Gasteiger partial charge in [0.05, 0.1) is 6.54 Å². The van der Waals surface area contributed by atoms with Crippen LogP contribution in [0.15, 0.2) is 48.0 Å². The lowest BCUT2D eigenvalue weighted by Crippen LogP contribution is -2.41. The van der Waals surface area contributed by atoms with Crippen LogP contribution < -0.4 is 5.73 Å². The van der Waals surface area contributed by atoms with Gasteiger partial charge in [-0.3, -0.25) is 14.4 Å². The van der Waals surface area contributed by atoms with Crippen LogP contribution in [0, 0.1) is 19.8 Å². The molecular weight excluding hydrogens is 466 g/mol. The minimum absolute atomic E-state index is 0.0387. The van der Waals surface area contributed by atoms with Crippen LogP contribution >= 0.6 is 0 Å². The van der Waals surface area contributed by atoms with E-state index in [1.54, 1.807) is 41.3 Å². The average molecular weight is 496 g/mol. The molecule has 184 valence electrons. The molecule has 0 atom stereocenters. The van der Waals surface area contributed by atoms with Gasteiger partial charge in [-0.1, -0.05) is 30.3 Å². The Morgan fingerprint density at radius 2 is 1.60 bits per heavy atom. The minimum atomic E-state index is -4.01. The Kier molecular flexibility index (Phi) is 6.55. The van der Waals surface area contributed by atoms with Crippen molar-refractivity contribution >= 4 is 32.6 Å². The second-order valence-electron chi connectivity index (χ2n) is 9.24. The third kappa shape index (κ3) is 4.60. The fourth-order valence-electron chi connectivity index (χ4n) is 4.57. The van der Waals surface area contributed by atoms with Crippen molar-refractivity contribution in [3.63, 3.8) is 0 Å². The van der Waals surface area contributed by atoms with Gasteiger partial charge in [-0.05, 0) is 68.0 Å². The third-order valence-corrected chi connectivity index (χ3v) is 8.85. The summed E-state index contributed by atoms with van der Waals surface area (Å²) in [6, 6.07) is 12.0. The number of primary amides is 1. The van der Waals surface area contributed by atoms with E-state index in [2.05, 4.69) is 0 Å². The molecular formula is C26H29N3O5S. The molecule has 3 amide bonds. The van der Waals surface area contributed by atoms with Crippen molar-refractivity contribution in [2.45, 2.75) is 40.2 Å². The van der Waals surface area contributed by atoms with Crippen molar-refractivity contribution in [1.29, 1.82) is 0 Å². The first-order valence-electron chi connectivity index (χ1n) is 11.5. The molecule has 8 nitrogen and oxygen atoms in total. The molecule has 0 radical (unpaired) electrons. The SMILES string of the molecule is CC1=C(c2ccc(C)c(C)c2)S(=O)(=O)N(Cc2ccc(C(=O)N3CCC(C(N)=O)CC3)cc2)C1=O. The van der Waals surface area contributed by atoms with Crippen LogP contribution in [0.4, 0.5) is 0 Å². The molecule has 0 aliphatic carbocycles. The Hall–Kier alpha value is -3.46. The van der Waals surface area contributed by atoms with Crippen molar-refractivity contribution in [2.75, 3.05) is 13.1 Å². The van der Waals surface area contributed by atoms with Gasteiger partial charge in [-0.2, -0.15) is 0 Å². The van der Waals surface area contributed by atoms with E-state index in [9.17, 15) is 22.8 Å². The van der Waals surface area contributed by atoms with E-state index in [4.69, 9.17) is 5.73 Å². The first-order valence-corrected chi connectivity index (χ1v) is 13.0. The summed E-state index contributed by atoms with van der Waals surface area (Å²) in [5, 5.41) is 0. The number of nitrogens with zero attached hydrogens (tertiary/aromatic N) is 2. The van der Waals surface area contributed by atoms with Gasteiger partial charge in [0, 0.05) is 30.1 Å². The second-order valence-corrected chi connectivity index (χ2v) is 11.0. The zero-order chi connectivity index (χ0) is 25.5. The first kappa shape index (κ1) is 24.7. The number of hydrogen-bond acceptors (Lipinski definition) is 5. The highest BCUT2D eigenvalue weighted by atomic mass is 32.2. The number of likely N-dealkylation sites (tertiary alicyclic amines) is 1. The standard InChI is InChI=1S/C26H29N3O5S/c1-16-4-7-22(14-17(16)2)23-18(3)25(31)29(35(23,33)34)15-19-5-8-21(9-6-19)26(32)28-12-10-20(11-13-28)24(27)30/h4-9,14,20H,10-13,15H2,1-3H3,(H2,27,30).